The molecule has 5 nitrogen and oxygen atoms in total. The molecular formula is C25H28Cl2N4OS. The minimum absolute atomic E-state index is 0.302. The summed E-state index contributed by atoms with van der Waals surface area (Å²) in [5, 5.41) is 11.2. The summed E-state index contributed by atoms with van der Waals surface area (Å²) in [6.45, 7) is 4.67. The highest BCUT2D eigenvalue weighted by Crippen LogP contribution is 2.33. The summed E-state index contributed by atoms with van der Waals surface area (Å²) in [7, 11) is 0. The Bertz CT molecular complexity index is 1140. The largest absolute Gasteiger partial charge is 0.489 e. The van der Waals surface area contributed by atoms with Gasteiger partial charge in [0.1, 0.15) is 12.7 Å². The van der Waals surface area contributed by atoms with Crippen LogP contribution in [0.25, 0.3) is 16.6 Å². The number of nitrogens with zero attached hydrogens (tertiary/aromatic N) is 3. The number of alkyl halides is 1. The highest BCUT2D eigenvalue weighted by atomic mass is 35.5. The molecule has 1 saturated heterocycles. The van der Waals surface area contributed by atoms with Gasteiger partial charge >= 0.3 is 0 Å². The van der Waals surface area contributed by atoms with Crippen molar-refractivity contribution in [1.82, 2.24) is 14.2 Å². The van der Waals surface area contributed by atoms with E-state index >= 15 is 0 Å². The first kappa shape index (κ1) is 24.3. The van der Waals surface area contributed by atoms with Crippen LogP contribution in [0, 0.1) is 17.2 Å². The van der Waals surface area contributed by atoms with Crippen LogP contribution in [0.4, 0.5) is 0 Å². The first-order chi connectivity index (χ1) is 16.1. The van der Waals surface area contributed by atoms with Crippen molar-refractivity contribution in [2.45, 2.75) is 19.4 Å². The zero-order chi connectivity index (χ0) is 23.2. The van der Waals surface area contributed by atoms with E-state index < -0.39 is 0 Å². The fourth-order valence-electron chi connectivity index (χ4n) is 4.41. The highest BCUT2D eigenvalue weighted by Gasteiger charge is 2.19. The molecule has 1 aliphatic rings. The van der Waals surface area contributed by atoms with Crippen LogP contribution in [0.1, 0.15) is 24.0 Å². The fourth-order valence-corrected chi connectivity index (χ4v) is 5.16. The van der Waals surface area contributed by atoms with Crippen LogP contribution in [0.2, 0.25) is 5.02 Å². The lowest BCUT2D eigenvalue weighted by atomic mass is 9.97. The Balaban J connectivity index is 1.50. The molecule has 1 N–H and O–H groups in total. The highest BCUT2D eigenvalue weighted by molar-refractivity contribution is 7.96. The molecule has 1 fully saturated rings. The van der Waals surface area contributed by atoms with E-state index in [1.807, 2.05) is 12.3 Å². The maximum atomic E-state index is 9.59. The number of fused-ring (bicyclic) bond motifs is 1. The summed E-state index contributed by atoms with van der Waals surface area (Å²) in [5.74, 6) is 1.50. The van der Waals surface area contributed by atoms with Crippen molar-refractivity contribution in [2.24, 2.45) is 5.92 Å². The molecule has 33 heavy (non-hydrogen) atoms. The van der Waals surface area contributed by atoms with E-state index in [4.69, 9.17) is 27.9 Å². The van der Waals surface area contributed by atoms with Gasteiger partial charge in [0.2, 0.25) is 0 Å². The molecule has 0 atom stereocenters. The second kappa shape index (κ2) is 11.5. The number of rotatable bonds is 9. The van der Waals surface area contributed by atoms with Crippen molar-refractivity contribution in [3.05, 3.63) is 58.7 Å². The molecule has 1 aromatic heterocycles. The van der Waals surface area contributed by atoms with Crippen molar-refractivity contribution in [2.75, 3.05) is 38.4 Å². The molecule has 2 aromatic carbocycles. The second-order valence-corrected chi connectivity index (χ2v) is 9.79. The Kier molecular flexibility index (Phi) is 8.45. The molecule has 0 spiro atoms. The van der Waals surface area contributed by atoms with Crippen molar-refractivity contribution in [1.29, 1.82) is 5.26 Å². The molecule has 1 aliphatic heterocycles. The zero-order valence-corrected chi connectivity index (χ0v) is 21.0. The molecule has 0 bridgehead atoms. The number of likely N-dealkylation sites (tertiary alicyclic amines) is 1. The molecule has 0 unspecified atom stereocenters. The summed E-state index contributed by atoms with van der Waals surface area (Å²) in [4.78, 5) is 2.55. The lowest BCUT2D eigenvalue weighted by Gasteiger charge is -2.32. The predicted molar refractivity (Wildman–Crippen MR) is 139 cm³/mol. The Hall–Kier alpha value is -1.88. The third kappa shape index (κ3) is 5.79. The van der Waals surface area contributed by atoms with Crippen molar-refractivity contribution >= 4 is 46.1 Å². The maximum absolute atomic E-state index is 9.59. The Labute approximate surface area is 209 Å². The van der Waals surface area contributed by atoms with Crippen molar-refractivity contribution in [3.8, 4) is 17.5 Å². The van der Waals surface area contributed by atoms with Crippen LogP contribution in [-0.4, -0.2) is 47.8 Å². The van der Waals surface area contributed by atoms with E-state index in [2.05, 4.69) is 50.8 Å². The Morgan fingerprint density at radius 3 is 2.76 bits per heavy atom. The summed E-state index contributed by atoms with van der Waals surface area (Å²) in [5.41, 5.74) is 3.63. The number of halogens is 2. The third-order valence-corrected chi connectivity index (χ3v) is 7.03. The van der Waals surface area contributed by atoms with E-state index in [1.54, 1.807) is 18.0 Å². The second-order valence-electron chi connectivity index (χ2n) is 8.30. The van der Waals surface area contributed by atoms with Gasteiger partial charge < -0.3 is 9.30 Å². The molecule has 0 radical (unpaired) electrons. The lowest BCUT2D eigenvalue weighted by molar-refractivity contribution is 0.179. The number of nitrogens with one attached hydrogen (secondary N) is 1. The number of benzene rings is 2. The molecule has 0 saturated carbocycles. The van der Waals surface area contributed by atoms with Gasteiger partial charge in [-0.3, -0.25) is 9.62 Å². The van der Waals surface area contributed by atoms with Crippen molar-refractivity contribution < 1.29 is 4.74 Å². The summed E-state index contributed by atoms with van der Waals surface area (Å²) in [6, 6.07) is 14.5. The van der Waals surface area contributed by atoms with Crippen LogP contribution in [-0.2, 0) is 6.54 Å². The van der Waals surface area contributed by atoms with Gasteiger partial charge in [-0.2, -0.15) is 5.26 Å². The number of hydrogen-bond donors (Lipinski definition) is 1. The summed E-state index contributed by atoms with van der Waals surface area (Å²) in [6.07, 6.45) is 6.60. The minimum atomic E-state index is 0.302. The Morgan fingerprint density at radius 2 is 2.03 bits per heavy atom. The van der Waals surface area contributed by atoms with Gasteiger partial charge in [0.05, 0.1) is 22.0 Å². The Morgan fingerprint density at radius 1 is 1.21 bits per heavy atom. The molecule has 8 heteroatoms. The van der Waals surface area contributed by atoms with Crippen LogP contribution >= 0.6 is 35.1 Å². The molecule has 2 heterocycles. The molecule has 4 rings (SSSR count). The standard InChI is InChI=1S/C25H28Cl2N4OS/c1-33-29-16-18-4-8-30(9-5-18)17-19-2-3-24-20(12-19)6-10-31(24)22-13-21(15-28)25(23(27)14-22)32-11-7-26/h2-3,6,10,12-14,18,29H,4-5,7-9,11,16-17H2,1H3. The minimum Gasteiger partial charge on any atom is -0.489 e. The smallest absolute Gasteiger partial charge is 0.155 e. The third-order valence-electron chi connectivity index (χ3n) is 6.13. The van der Waals surface area contributed by atoms with E-state index in [-0.39, 0.29) is 0 Å². The first-order valence-electron chi connectivity index (χ1n) is 11.1. The molecule has 174 valence electrons. The SMILES string of the molecule is CSNCC1CCN(Cc2ccc3c(ccn3-c3cc(Cl)c(OCCCl)c(C#N)c3)c2)CC1. The fraction of sp³-hybridized carbons (Fsp3) is 0.400. The predicted octanol–water partition coefficient (Wildman–Crippen LogP) is 5.85. The monoisotopic (exact) mass is 502 g/mol. The van der Waals surface area contributed by atoms with E-state index in [0.29, 0.717) is 28.8 Å². The lowest BCUT2D eigenvalue weighted by Crippen LogP contribution is -2.35. The number of ether oxygens (including phenoxy) is 1. The van der Waals surface area contributed by atoms with Gasteiger partial charge in [0.25, 0.3) is 0 Å². The average molecular weight is 503 g/mol. The van der Waals surface area contributed by atoms with Crippen LogP contribution in [0.5, 0.6) is 5.75 Å². The molecule has 0 aliphatic carbocycles. The number of nitriles is 1. The summed E-state index contributed by atoms with van der Waals surface area (Å²) >= 11 is 13.9. The molecule has 0 amide bonds. The number of piperidine rings is 1. The van der Waals surface area contributed by atoms with Crippen LogP contribution in [0.3, 0.4) is 0 Å². The molecular weight excluding hydrogens is 475 g/mol. The summed E-state index contributed by atoms with van der Waals surface area (Å²) < 4.78 is 11.0. The topological polar surface area (TPSA) is 53.2 Å². The normalized spacial score (nSPS) is 15.1. The maximum Gasteiger partial charge on any atom is 0.155 e. The molecule has 3 aromatic rings. The van der Waals surface area contributed by atoms with Crippen molar-refractivity contribution in [3.63, 3.8) is 0 Å². The average Bonchev–Trinajstić information content (AvgIpc) is 3.25. The number of aromatic nitrogens is 1. The van der Waals surface area contributed by atoms with E-state index in [0.717, 1.165) is 43.3 Å². The van der Waals surface area contributed by atoms with Gasteiger partial charge in [-0.15, -0.1) is 11.6 Å². The quantitative estimate of drug-likeness (QED) is 0.293. The van der Waals surface area contributed by atoms with Gasteiger partial charge in [0.15, 0.2) is 5.75 Å². The van der Waals surface area contributed by atoms with Gasteiger partial charge in [0, 0.05) is 30.4 Å². The van der Waals surface area contributed by atoms with Gasteiger partial charge in [-0.1, -0.05) is 29.6 Å². The number of hydrogen-bond acceptors (Lipinski definition) is 5. The van der Waals surface area contributed by atoms with Crippen LogP contribution in [0.15, 0.2) is 42.6 Å². The van der Waals surface area contributed by atoms with Gasteiger partial charge in [-0.05, 0) is 74.0 Å². The first-order valence-corrected chi connectivity index (χ1v) is 13.3. The van der Waals surface area contributed by atoms with E-state index in [1.165, 1.54) is 23.8 Å². The van der Waals surface area contributed by atoms with Gasteiger partial charge in [-0.25, -0.2) is 0 Å². The zero-order valence-electron chi connectivity index (χ0n) is 18.7. The van der Waals surface area contributed by atoms with Crippen LogP contribution < -0.4 is 9.46 Å². The van der Waals surface area contributed by atoms with E-state index in [9.17, 15) is 5.26 Å².